The zero-order chi connectivity index (χ0) is 18.0. The van der Waals surface area contributed by atoms with Gasteiger partial charge in [0.15, 0.2) is 0 Å². The second kappa shape index (κ2) is 8.89. The van der Waals surface area contributed by atoms with Crippen LogP contribution in [0.2, 0.25) is 5.02 Å². The van der Waals surface area contributed by atoms with E-state index in [1.807, 2.05) is 0 Å². The van der Waals surface area contributed by atoms with Crippen molar-refractivity contribution in [3.05, 3.63) is 29.3 Å². The van der Waals surface area contributed by atoms with Crippen molar-refractivity contribution in [2.75, 3.05) is 32.7 Å². The molecule has 2 aliphatic rings. The molecule has 1 heterocycles. The maximum atomic E-state index is 12.8. The molecule has 0 unspecified atom stereocenters. The summed E-state index contributed by atoms with van der Waals surface area (Å²) in [6, 6.07) is 6.44. The zero-order valence-corrected chi connectivity index (χ0v) is 16.9. The van der Waals surface area contributed by atoms with Gasteiger partial charge in [-0.2, -0.15) is 4.31 Å². The van der Waals surface area contributed by atoms with Crippen molar-refractivity contribution in [3.8, 4) is 0 Å². The van der Waals surface area contributed by atoms with Gasteiger partial charge < -0.3 is 10.6 Å². The van der Waals surface area contributed by atoms with Gasteiger partial charge in [0.2, 0.25) is 15.9 Å². The molecule has 0 radical (unpaired) electrons. The minimum absolute atomic E-state index is 0. The number of carbonyl (C=O) groups excluding carboxylic acids is 1. The van der Waals surface area contributed by atoms with E-state index in [1.54, 1.807) is 23.1 Å². The molecule has 1 aliphatic heterocycles. The van der Waals surface area contributed by atoms with Crippen LogP contribution in [0, 0.1) is 11.8 Å². The van der Waals surface area contributed by atoms with E-state index >= 15 is 0 Å². The highest BCUT2D eigenvalue weighted by Crippen LogP contribution is 2.33. The number of nitrogens with zero attached hydrogens (tertiary/aromatic N) is 2. The standard InChI is InChI=1S/C17H24ClN3O3S.ClH/c18-15-6-1-2-7-16(15)25(23,24)21-10-8-20(9-11-21)17(22)14-5-3-4-13(14)12-19;/h1-2,6-7,13-14H,3-5,8-12,19H2;1H/t13-,14-;/m1./s1. The summed E-state index contributed by atoms with van der Waals surface area (Å²) in [4.78, 5) is 14.6. The van der Waals surface area contributed by atoms with E-state index in [9.17, 15) is 13.2 Å². The van der Waals surface area contributed by atoms with Crippen molar-refractivity contribution in [3.63, 3.8) is 0 Å². The second-order valence-electron chi connectivity index (χ2n) is 6.69. The minimum Gasteiger partial charge on any atom is -0.340 e. The summed E-state index contributed by atoms with van der Waals surface area (Å²) in [5.74, 6) is 0.386. The molecule has 146 valence electrons. The summed E-state index contributed by atoms with van der Waals surface area (Å²) in [5.41, 5.74) is 5.78. The lowest BCUT2D eigenvalue weighted by molar-refractivity contribution is -0.137. The Morgan fingerprint density at radius 3 is 2.42 bits per heavy atom. The number of sulfonamides is 1. The molecule has 1 aliphatic carbocycles. The molecule has 9 heteroatoms. The molecule has 0 spiro atoms. The summed E-state index contributed by atoms with van der Waals surface area (Å²) in [6.45, 7) is 1.95. The summed E-state index contributed by atoms with van der Waals surface area (Å²) in [5, 5.41) is 0.220. The average Bonchev–Trinajstić information content (AvgIpc) is 3.10. The third-order valence-corrected chi connectivity index (χ3v) is 7.68. The Kier molecular flexibility index (Phi) is 7.33. The first-order valence-electron chi connectivity index (χ1n) is 8.68. The Morgan fingerprint density at radius 2 is 1.81 bits per heavy atom. The second-order valence-corrected chi connectivity index (χ2v) is 9.01. The molecule has 1 aromatic rings. The van der Waals surface area contributed by atoms with Crippen LogP contribution < -0.4 is 5.73 Å². The average molecular weight is 422 g/mol. The normalized spacial score (nSPS) is 24.3. The highest BCUT2D eigenvalue weighted by molar-refractivity contribution is 7.89. The smallest absolute Gasteiger partial charge is 0.244 e. The van der Waals surface area contributed by atoms with Crippen LogP contribution in [0.4, 0.5) is 0 Å². The maximum Gasteiger partial charge on any atom is 0.244 e. The lowest BCUT2D eigenvalue weighted by Crippen LogP contribution is -2.52. The topological polar surface area (TPSA) is 83.7 Å². The van der Waals surface area contributed by atoms with Gasteiger partial charge in [0.05, 0.1) is 5.02 Å². The van der Waals surface area contributed by atoms with Crippen molar-refractivity contribution < 1.29 is 13.2 Å². The molecule has 0 bridgehead atoms. The lowest BCUT2D eigenvalue weighted by Gasteiger charge is -2.36. The highest BCUT2D eigenvalue weighted by atomic mass is 35.5. The molecule has 2 fully saturated rings. The molecule has 0 aromatic heterocycles. The largest absolute Gasteiger partial charge is 0.340 e. The molecule has 1 saturated heterocycles. The van der Waals surface area contributed by atoms with Crippen LogP contribution in [0.5, 0.6) is 0 Å². The predicted octanol–water partition coefficient (Wildman–Crippen LogP) is 1.97. The van der Waals surface area contributed by atoms with Gasteiger partial charge in [-0.25, -0.2) is 8.42 Å². The number of piperazine rings is 1. The first-order valence-corrected chi connectivity index (χ1v) is 10.5. The molecule has 1 aromatic carbocycles. The summed E-state index contributed by atoms with van der Waals surface area (Å²) in [7, 11) is -3.63. The van der Waals surface area contributed by atoms with Crippen LogP contribution >= 0.6 is 24.0 Å². The molecule has 6 nitrogen and oxygen atoms in total. The van der Waals surface area contributed by atoms with E-state index in [1.165, 1.54) is 10.4 Å². The van der Waals surface area contributed by atoms with Crippen molar-refractivity contribution in [1.82, 2.24) is 9.21 Å². The molecular weight excluding hydrogens is 397 g/mol. The Bertz CT molecular complexity index is 737. The van der Waals surface area contributed by atoms with Gasteiger partial charge in [-0.15, -0.1) is 12.4 Å². The summed E-state index contributed by atoms with van der Waals surface area (Å²) < 4.78 is 26.9. The maximum absolute atomic E-state index is 12.8. The molecule has 1 saturated carbocycles. The van der Waals surface area contributed by atoms with Crippen LogP contribution in [-0.2, 0) is 14.8 Å². The Labute approximate surface area is 166 Å². The number of benzene rings is 1. The van der Waals surface area contributed by atoms with Gasteiger partial charge in [-0.05, 0) is 37.4 Å². The van der Waals surface area contributed by atoms with Gasteiger partial charge in [-0.1, -0.05) is 30.2 Å². The number of hydrogen-bond donors (Lipinski definition) is 1. The third kappa shape index (κ3) is 4.17. The zero-order valence-electron chi connectivity index (χ0n) is 14.5. The van der Waals surface area contributed by atoms with Gasteiger partial charge in [0.1, 0.15) is 4.90 Å². The third-order valence-electron chi connectivity index (χ3n) is 5.28. The number of nitrogens with two attached hydrogens (primary N) is 1. The highest BCUT2D eigenvalue weighted by Gasteiger charge is 2.37. The number of hydrogen-bond acceptors (Lipinski definition) is 4. The van der Waals surface area contributed by atoms with Crippen molar-refractivity contribution >= 4 is 39.9 Å². The van der Waals surface area contributed by atoms with Crippen LogP contribution in [0.25, 0.3) is 0 Å². The quantitative estimate of drug-likeness (QED) is 0.804. The number of rotatable bonds is 4. The van der Waals surface area contributed by atoms with Crippen molar-refractivity contribution in [2.24, 2.45) is 17.6 Å². The molecular formula is C17H25Cl2N3O3S. The first-order chi connectivity index (χ1) is 11.9. The fourth-order valence-corrected chi connectivity index (χ4v) is 5.74. The van der Waals surface area contributed by atoms with E-state index < -0.39 is 10.0 Å². The fraction of sp³-hybridized carbons (Fsp3) is 0.588. The fourth-order valence-electron chi connectivity index (χ4n) is 3.82. The van der Waals surface area contributed by atoms with E-state index in [4.69, 9.17) is 17.3 Å². The molecule has 3 rings (SSSR count). The van der Waals surface area contributed by atoms with Gasteiger partial charge >= 0.3 is 0 Å². The molecule has 26 heavy (non-hydrogen) atoms. The van der Waals surface area contributed by atoms with Crippen molar-refractivity contribution in [2.45, 2.75) is 24.2 Å². The van der Waals surface area contributed by atoms with Crippen LogP contribution in [0.1, 0.15) is 19.3 Å². The first kappa shape index (κ1) is 21.4. The Hall–Kier alpha value is -0.860. The lowest BCUT2D eigenvalue weighted by atomic mass is 9.94. The van der Waals surface area contributed by atoms with Gasteiger partial charge in [0.25, 0.3) is 0 Å². The van der Waals surface area contributed by atoms with Crippen LogP contribution in [0.3, 0.4) is 0 Å². The Morgan fingerprint density at radius 1 is 1.15 bits per heavy atom. The predicted molar refractivity (Wildman–Crippen MR) is 104 cm³/mol. The molecule has 1 amide bonds. The SMILES string of the molecule is Cl.NC[C@H]1CCC[C@H]1C(=O)N1CCN(S(=O)(=O)c2ccccc2Cl)CC1. The van der Waals surface area contributed by atoms with E-state index in [2.05, 4.69) is 0 Å². The Balaban J connectivity index is 0.00000243. The van der Waals surface area contributed by atoms with Gasteiger partial charge in [0, 0.05) is 32.1 Å². The van der Waals surface area contributed by atoms with Gasteiger partial charge in [-0.3, -0.25) is 4.79 Å². The summed E-state index contributed by atoms with van der Waals surface area (Å²) >= 11 is 6.04. The minimum atomic E-state index is -3.63. The molecule has 2 N–H and O–H groups in total. The number of carbonyl (C=O) groups is 1. The summed E-state index contributed by atoms with van der Waals surface area (Å²) in [6.07, 6.45) is 2.94. The number of amides is 1. The van der Waals surface area contributed by atoms with E-state index in [-0.39, 0.29) is 40.1 Å². The molecule has 2 atom stereocenters. The van der Waals surface area contributed by atoms with Crippen LogP contribution in [0.15, 0.2) is 29.2 Å². The monoisotopic (exact) mass is 421 g/mol. The van der Waals surface area contributed by atoms with Crippen LogP contribution in [-0.4, -0.2) is 56.3 Å². The van der Waals surface area contributed by atoms with E-state index in [0.717, 1.165) is 19.3 Å². The van der Waals surface area contributed by atoms with E-state index in [0.29, 0.717) is 32.7 Å². The number of halogens is 2. The van der Waals surface area contributed by atoms with Crippen molar-refractivity contribution in [1.29, 1.82) is 0 Å².